The van der Waals surface area contributed by atoms with Crippen LogP contribution >= 0.6 is 0 Å². The van der Waals surface area contributed by atoms with Crippen molar-refractivity contribution in [2.45, 2.75) is 45.6 Å². The molecule has 1 atom stereocenters. The fraction of sp³-hybridized carbons (Fsp3) is 0.571. The van der Waals surface area contributed by atoms with Crippen molar-refractivity contribution >= 4 is 0 Å². The highest BCUT2D eigenvalue weighted by molar-refractivity contribution is 5.29. The second-order valence-corrected chi connectivity index (χ2v) is 5.36. The second kappa shape index (κ2) is 3.34. The second-order valence-electron chi connectivity index (χ2n) is 5.36. The van der Waals surface area contributed by atoms with Gasteiger partial charge in [-0.3, -0.25) is 0 Å². The van der Waals surface area contributed by atoms with Gasteiger partial charge in [-0.1, -0.05) is 43.2 Å². The van der Waals surface area contributed by atoms with E-state index < -0.39 is 5.60 Å². The normalized spacial score (nSPS) is 22.9. The molecule has 1 saturated carbocycles. The summed E-state index contributed by atoms with van der Waals surface area (Å²) in [6.07, 6.45) is 3.51. The molecule has 82 valence electrons. The molecule has 1 aliphatic rings. The van der Waals surface area contributed by atoms with Gasteiger partial charge in [-0.15, -0.1) is 0 Å². The quantitative estimate of drug-likeness (QED) is 0.783. The Balaban J connectivity index is 2.36. The Morgan fingerprint density at radius 2 is 2.00 bits per heavy atom. The maximum atomic E-state index is 10.7. The Bertz CT molecular complexity index is 361. The van der Waals surface area contributed by atoms with Crippen LogP contribution in [-0.2, 0) is 5.60 Å². The van der Waals surface area contributed by atoms with E-state index in [1.807, 2.05) is 19.1 Å². The van der Waals surface area contributed by atoms with Crippen molar-refractivity contribution in [3.05, 3.63) is 35.4 Å². The van der Waals surface area contributed by atoms with E-state index in [2.05, 4.69) is 26.0 Å². The van der Waals surface area contributed by atoms with Crippen molar-refractivity contribution in [1.29, 1.82) is 0 Å². The molecule has 1 aromatic carbocycles. The van der Waals surface area contributed by atoms with Gasteiger partial charge in [0.15, 0.2) is 0 Å². The molecule has 0 aliphatic heterocycles. The lowest BCUT2D eigenvalue weighted by molar-refractivity contribution is -0.111. The van der Waals surface area contributed by atoms with Gasteiger partial charge in [-0.25, -0.2) is 0 Å². The van der Waals surface area contributed by atoms with Crippen LogP contribution in [0.2, 0.25) is 0 Å². The molecular formula is C14H20O. The molecule has 1 aliphatic carbocycles. The van der Waals surface area contributed by atoms with E-state index in [0.717, 1.165) is 18.4 Å². The van der Waals surface area contributed by atoms with Gasteiger partial charge in [-0.2, -0.15) is 0 Å². The fourth-order valence-corrected chi connectivity index (χ4v) is 2.49. The van der Waals surface area contributed by atoms with Crippen molar-refractivity contribution in [2.75, 3.05) is 0 Å². The van der Waals surface area contributed by atoms with Gasteiger partial charge < -0.3 is 5.11 Å². The summed E-state index contributed by atoms with van der Waals surface area (Å²) in [5.41, 5.74) is 1.67. The predicted octanol–water partition coefficient (Wildman–Crippen LogP) is 3.39. The monoisotopic (exact) mass is 204 g/mol. The van der Waals surface area contributed by atoms with Crippen molar-refractivity contribution in [2.24, 2.45) is 5.41 Å². The van der Waals surface area contributed by atoms with Crippen LogP contribution in [0.3, 0.4) is 0 Å². The molecule has 0 saturated heterocycles. The minimum absolute atomic E-state index is 0.0702. The smallest absolute Gasteiger partial charge is 0.0921 e. The molecule has 0 radical (unpaired) electrons. The van der Waals surface area contributed by atoms with Gasteiger partial charge in [0.25, 0.3) is 0 Å². The predicted molar refractivity (Wildman–Crippen MR) is 62.7 cm³/mol. The minimum Gasteiger partial charge on any atom is -0.385 e. The highest BCUT2D eigenvalue weighted by atomic mass is 16.3. The molecule has 1 fully saturated rings. The number of aryl methyl sites for hydroxylation is 1. The summed E-state index contributed by atoms with van der Waals surface area (Å²) in [6, 6.07) is 8.24. The van der Waals surface area contributed by atoms with Gasteiger partial charge in [-0.05, 0) is 32.3 Å². The lowest BCUT2D eigenvalue weighted by atomic mass is 9.58. The van der Waals surface area contributed by atoms with E-state index in [-0.39, 0.29) is 5.41 Å². The standard InChI is InChI=1S/C14H20O/c1-11-6-4-7-12(10-11)14(3,15)13(2)8-5-9-13/h4,6-7,10,15H,5,8-9H2,1-3H3. The average Bonchev–Trinajstić information content (AvgIpc) is 2.14. The van der Waals surface area contributed by atoms with E-state index in [0.29, 0.717) is 0 Å². The first-order valence-corrected chi connectivity index (χ1v) is 5.75. The lowest BCUT2D eigenvalue weighted by Crippen LogP contribution is -2.46. The molecule has 0 heterocycles. The molecule has 0 amide bonds. The zero-order chi connectivity index (χ0) is 11.1. The van der Waals surface area contributed by atoms with E-state index in [4.69, 9.17) is 0 Å². The Hall–Kier alpha value is -0.820. The summed E-state index contributed by atoms with van der Waals surface area (Å²) >= 11 is 0. The number of rotatable bonds is 2. The largest absolute Gasteiger partial charge is 0.385 e. The Kier molecular flexibility index (Phi) is 2.38. The van der Waals surface area contributed by atoms with Gasteiger partial charge in [0, 0.05) is 5.41 Å². The third kappa shape index (κ3) is 1.59. The third-order valence-electron chi connectivity index (χ3n) is 4.21. The highest BCUT2D eigenvalue weighted by Crippen LogP contribution is 2.53. The van der Waals surface area contributed by atoms with Gasteiger partial charge in [0.05, 0.1) is 5.60 Å². The van der Waals surface area contributed by atoms with Crippen molar-refractivity contribution in [3.63, 3.8) is 0 Å². The number of hydrogen-bond donors (Lipinski definition) is 1. The number of benzene rings is 1. The van der Waals surface area contributed by atoms with Crippen molar-refractivity contribution in [1.82, 2.24) is 0 Å². The van der Waals surface area contributed by atoms with Crippen LogP contribution < -0.4 is 0 Å². The summed E-state index contributed by atoms with van der Waals surface area (Å²) in [6.45, 7) is 6.22. The third-order valence-corrected chi connectivity index (χ3v) is 4.21. The first-order valence-electron chi connectivity index (χ1n) is 5.75. The van der Waals surface area contributed by atoms with E-state index in [1.165, 1.54) is 12.0 Å². The zero-order valence-corrected chi connectivity index (χ0v) is 9.88. The van der Waals surface area contributed by atoms with Crippen LogP contribution in [0.5, 0.6) is 0 Å². The number of hydrogen-bond acceptors (Lipinski definition) is 1. The summed E-state index contributed by atoms with van der Waals surface area (Å²) in [5, 5.41) is 10.7. The molecular weight excluding hydrogens is 184 g/mol. The lowest BCUT2D eigenvalue weighted by Gasteiger charge is -2.49. The van der Waals surface area contributed by atoms with Crippen LogP contribution in [-0.4, -0.2) is 5.11 Å². The van der Waals surface area contributed by atoms with Gasteiger partial charge in [0.1, 0.15) is 0 Å². The Labute approximate surface area is 92.1 Å². The summed E-state index contributed by atoms with van der Waals surface area (Å²) in [4.78, 5) is 0. The van der Waals surface area contributed by atoms with Crippen LogP contribution in [0.1, 0.15) is 44.2 Å². The van der Waals surface area contributed by atoms with E-state index in [9.17, 15) is 5.11 Å². The first-order chi connectivity index (χ1) is 6.96. The first kappa shape index (κ1) is 10.7. The van der Waals surface area contributed by atoms with Crippen LogP contribution in [0.25, 0.3) is 0 Å². The summed E-state index contributed by atoms with van der Waals surface area (Å²) in [5.74, 6) is 0. The zero-order valence-electron chi connectivity index (χ0n) is 9.88. The van der Waals surface area contributed by atoms with Crippen LogP contribution in [0.4, 0.5) is 0 Å². The molecule has 0 spiro atoms. The topological polar surface area (TPSA) is 20.2 Å². The van der Waals surface area contributed by atoms with Crippen LogP contribution in [0.15, 0.2) is 24.3 Å². The van der Waals surface area contributed by atoms with Gasteiger partial charge >= 0.3 is 0 Å². The minimum atomic E-state index is -0.683. The van der Waals surface area contributed by atoms with Crippen LogP contribution in [0, 0.1) is 12.3 Å². The fourth-order valence-electron chi connectivity index (χ4n) is 2.49. The molecule has 1 nitrogen and oxygen atoms in total. The SMILES string of the molecule is Cc1cccc(C(C)(O)C2(C)CCC2)c1. The Morgan fingerprint density at radius 1 is 1.33 bits per heavy atom. The molecule has 1 N–H and O–H groups in total. The summed E-state index contributed by atoms with van der Waals surface area (Å²) < 4.78 is 0. The van der Waals surface area contributed by atoms with E-state index in [1.54, 1.807) is 0 Å². The Morgan fingerprint density at radius 3 is 2.47 bits per heavy atom. The number of aliphatic hydroxyl groups is 1. The molecule has 0 aromatic heterocycles. The molecule has 15 heavy (non-hydrogen) atoms. The van der Waals surface area contributed by atoms with E-state index >= 15 is 0 Å². The van der Waals surface area contributed by atoms with Crippen molar-refractivity contribution < 1.29 is 5.11 Å². The maximum absolute atomic E-state index is 10.7. The van der Waals surface area contributed by atoms with Crippen molar-refractivity contribution in [3.8, 4) is 0 Å². The highest BCUT2D eigenvalue weighted by Gasteiger charge is 2.48. The molecule has 1 aromatic rings. The molecule has 0 bridgehead atoms. The maximum Gasteiger partial charge on any atom is 0.0921 e. The summed E-state index contributed by atoms with van der Waals surface area (Å²) in [7, 11) is 0. The average molecular weight is 204 g/mol. The molecule has 1 heteroatoms. The molecule has 1 unspecified atom stereocenters. The van der Waals surface area contributed by atoms with Gasteiger partial charge in [0.2, 0.25) is 0 Å². The molecule has 2 rings (SSSR count).